The molecular formula is C17H23N3O3. The highest BCUT2D eigenvalue weighted by Gasteiger charge is 2.47. The van der Waals surface area contributed by atoms with Crippen LogP contribution in [0.15, 0.2) is 24.3 Å². The molecule has 2 atom stereocenters. The molecule has 0 unspecified atom stereocenters. The largest absolute Gasteiger partial charge is 0.481 e. The summed E-state index contributed by atoms with van der Waals surface area (Å²) in [4.78, 5) is 21.6. The van der Waals surface area contributed by atoms with Crippen molar-refractivity contribution in [3.63, 3.8) is 0 Å². The van der Waals surface area contributed by atoms with Gasteiger partial charge in [-0.1, -0.05) is 25.5 Å². The number of rotatable bonds is 5. The van der Waals surface area contributed by atoms with E-state index in [4.69, 9.17) is 0 Å². The molecule has 2 aromatic rings. The normalized spacial score (nSPS) is 25.7. The van der Waals surface area contributed by atoms with Gasteiger partial charge in [-0.2, -0.15) is 0 Å². The first-order valence-electron chi connectivity index (χ1n) is 8.12. The zero-order valence-corrected chi connectivity index (χ0v) is 13.3. The van der Waals surface area contributed by atoms with Crippen LogP contribution >= 0.6 is 0 Å². The summed E-state index contributed by atoms with van der Waals surface area (Å²) in [6, 6.07) is 7.84. The third kappa shape index (κ3) is 2.96. The zero-order valence-electron chi connectivity index (χ0n) is 13.3. The first kappa shape index (κ1) is 16.0. The molecule has 0 saturated carbocycles. The Morgan fingerprint density at radius 2 is 2.26 bits per heavy atom. The van der Waals surface area contributed by atoms with Gasteiger partial charge in [0.1, 0.15) is 5.82 Å². The Bertz CT molecular complexity index is 666. The van der Waals surface area contributed by atoms with Crippen LogP contribution in [0.4, 0.5) is 0 Å². The van der Waals surface area contributed by atoms with E-state index in [9.17, 15) is 15.0 Å². The smallest absolute Gasteiger partial charge is 0.312 e. The molecule has 1 aromatic carbocycles. The number of imidazole rings is 1. The lowest BCUT2D eigenvalue weighted by atomic mass is 9.73. The van der Waals surface area contributed by atoms with Crippen molar-refractivity contribution < 1.29 is 15.0 Å². The number of carboxylic acids is 1. The standard InChI is InChI=1S/C17H23N3O3/c1-2-7-17(16(22)23)8-9-20(10-14(17)21)11-15-18-12-5-3-4-6-13(12)19-15/h3-6,14,21H,2,7-11H2,1H3,(H,18,19)(H,22,23)/t14-,17-/m0/s1. The molecule has 6 nitrogen and oxygen atoms in total. The SMILES string of the molecule is CCC[C@]1(C(=O)O)CCN(Cc2nc3ccccc3[nH]2)C[C@@H]1O. The van der Waals surface area contributed by atoms with Crippen LogP contribution in [0.1, 0.15) is 32.0 Å². The second kappa shape index (κ2) is 6.29. The van der Waals surface area contributed by atoms with Gasteiger partial charge in [-0.05, 0) is 31.5 Å². The lowest BCUT2D eigenvalue weighted by Gasteiger charge is -2.42. The van der Waals surface area contributed by atoms with Crippen LogP contribution in [0, 0.1) is 5.41 Å². The van der Waals surface area contributed by atoms with Crippen molar-refractivity contribution in [3.05, 3.63) is 30.1 Å². The third-order valence-electron chi connectivity index (χ3n) is 4.88. The van der Waals surface area contributed by atoms with E-state index in [1.807, 2.05) is 31.2 Å². The van der Waals surface area contributed by atoms with Crippen LogP contribution in [0.5, 0.6) is 0 Å². The summed E-state index contributed by atoms with van der Waals surface area (Å²) >= 11 is 0. The number of likely N-dealkylation sites (tertiary alicyclic amines) is 1. The number of hydrogen-bond donors (Lipinski definition) is 3. The molecule has 0 radical (unpaired) electrons. The fourth-order valence-corrected chi connectivity index (χ4v) is 3.56. The second-order valence-electron chi connectivity index (χ2n) is 6.41. The summed E-state index contributed by atoms with van der Waals surface area (Å²) in [5.41, 5.74) is 0.913. The number of aromatic nitrogens is 2. The first-order chi connectivity index (χ1) is 11.0. The minimum atomic E-state index is -1.00. The molecule has 0 spiro atoms. The molecular weight excluding hydrogens is 294 g/mol. The molecule has 2 heterocycles. The van der Waals surface area contributed by atoms with Crippen LogP contribution in [-0.4, -0.2) is 50.2 Å². The minimum absolute atomic E-state index is 0.364. The van der Waals surface area contributed by atoms with E-state index in [1.54, 1.807) is 0 Å². The van der Waals surface area contributed by atoms with Gasteiger partial charge in [0.05, 0.1) is 29.1 Å². The molecule has 124 valence electrons. The summed E-state index contributed by atoms with van der Waals surface area (Å²) in [7, 11) is 0. The fourth-order valence-electron chi connectivity index (χ4n) is 3.56. The van der Waals surface area contributed by atoms with Crippen molar-refractivity contribution in [2.45, 2.75) is 38.8 Å². The Morgan fingerprint density at radius 1 is 1.48 bits per heavy atom. The van der Waals surface area contributed by atoms with Crippen LogP contribution in [-0.2, 0) is 11.3 Å². The number of hydrogen-bond acceptors (Lipinski definition) is 4. The number of benzene rings is 1. The summed E-state index contributed by atoms with van der Waals surface area (Å²) in [6.07, 6.45) is 0.894. The molecule has 0 amide bonds. The number of nitrogens with one attached hydrogen (secondary N) is 1. The van der Waals surface area contributed by atoms with E-state index in [2.05, 4.69) is 14.9 Å². The van der Waals surface area contributed by atoms with Crippen molar-refractivity contribution >= 4 is 17.0 Å². The summed E-state index contributed by atoms with van der Waals surface area (Å²) in [5.74, 6) is -0.0352. The number of aliphatic carboxylic acids is 1. The number of nitrogens with zero attached hydrogens (tertiary/aromatic N) is 2. The van der Waals surface area contributed by atoms with Gasteiger partial charge in [0.2, 0.25) is 0 Å². The van der Waals surface area contributed by atoms with Crippen molar-refractivity contribution in [3.8, 4) is 0 Å². The molecule has 23 heavy (non-hydrogen) atoms. The van der Waals surface area contributed by atoms with E-state index in [-0.39, 0.29) is 0 Å². The van der Waals surface area contributed by atoms with E-state index in [0.29, 0.717) is 32.5 Å². The molecule has 1 aliphatic rings. The molecule has 1 fully saturated rings. The van der Waals surface area contributed by atoms with Crippen molar-refractivity contribution in [2.75, 3.05) is 13.1 Å². The Morgan fingerprint density at radius 3 is 2.91 bits per heavy atom. The molecule has 1 aliphatic heterocycles. The maximum absolute atomic E-state index is 11.7. The Labute approximate surface area is 135 Å². The fraction of sp³-hybridized carbons (Fsp3) is 0.529. The number of carbonyl (C=O) groups is 1. The number of aliphatic hydroxyl groups is 1. The number of β-amino-alcohol motifs (C(OH)–C–C–N with tert-alkyl or cyclic N) is 1. The van der Waals surface area contributed by atoms with Gasteiger partial charge in [0.15, 0.2) is 0 Å². The number of carboxylic acid groups (broad SMARTS) is 1. The average molecular weight is 317 g/mol. The average Bonchev–Trinajstić information content (AvgIpc) is 2.92. The van der Waals surface area contributed by atoms with Gasteiger partial charge >= 0.3 is 5.97 Å². The quantitative estimate of drug-likeness (QED) is 0.785. The summed E-state index contributed by atoms with van der Waals surface area (Å²) < 4.78 is 0. The van der Waals surface area contributed by atoms with E-state index < -0.39 is 17.5 Å². The molecule has 3 N–H and O–H groups in total. The van der Waals surface area contributed by atoms with E-state index in [0.717, 1.165) is 23.3 Å². The third-order valence-corrected chi connectivity index (χ3v) is 4.88. The molecule has 0 bridgehead atoms. The second-order valence-corrected chi connectivity index (χ2v) is 6.41. The molecule has 0 aliphatic carbocycles. The number of fused-ring (bicyclic) bond motifs is 1. The molecule has 3 rings (SSSR count). The summed E-state index contributed by atoms with van der Waals surface area (Å²) in [6.45, 7) is 3.56. The summed E-state index contributed by atoms with van der Waals surface area (Å²) in [5, 5.41) is 20.0. The van der Waals surface area contributed by atoms with Crippen LogP contribution < -0.4 is 0 Å². The number of aliphatic hydroxyl groups excluding tert-OH is 1. The highest BCUT2D eigenvalue weighted by Crippen LogP contribution is 2.37. The van der Waals surface area contributed by atoms with Gasteiger partial charge in [0.25, 0.3) is 0 Å². The van der Waals surface area contributed by atoms with Crippen LogP contribution in [0.2, 0.25) is 0 Å². The Kier molecular flexibility index (Phi) is 4.37. The van der Waals surface area contributed by atoms with Crippen molar-refractivity contribution in [2.24, 2.45) is 5.41 Å². The topological polar surface area (TPSA) is 89.5 Å². The monoisotopic (exact) mass is 317 g/mol. The zero-order chi connectivity index (χ0) is 16.4. The lowest BCUT2D eigenvalue weighted by Crippen LogP contribution is -2.54. The predicted octanol–water partition coefficient (Wildman–Crippen LogP) is 2.00. The molecule has 1 saturated heterocycles. The van der Waals surface area contributed by atoms with Crippen molar-refractivity contribution in [1.82, 2.24) is 14.9 Å². The predicted molar refractivity (Wildman–Crippen MR) is 87.0 cm³/mol. The minimum Gasteiger partial charge on any atom is -0.481 e. The van der Waals surface area contributed by atoms with Gasteiger partial charge in [-0.3, -0.25) is 9.69 Å². The lowest BCUT2D eigenvalue weighted by molar-refractivity contribution is -0.164. The van der Waals surface area contributed by atoms with Crippen LogP contribution in [0.3, 0.4) is 0 Å². The van der Waals surface area contributed by atoms with Gasteiger partial charge < -0.3 is 15.2 Å². The molecule has 6 heteroatoms. The van der Waals surface area contributed by atoms with E-state index in [1.165, 1.54) is 0 Å². The first-order valence-corrected chi connectivity index (χ1v) is 8.12. The van der Waals surface area contributed by atoms with Gasteiger partial charge in [-0.25, -0.2) is 4.98 Å². The van der Waals surface area contributed by atoms with Gasteiger partial charge in [0, 0.05) is 6.54 Å². The maximum atomic E-state index is 11.7. The number of H-pyrrole nitrogens is 1. The van der Waals surface area contributed by atoms with Crippen LogP contribution in [0.25, 0.3) is 11.0 Å². The Hall–Kier alpha value is -1.92. The van der Waals surface area contributed by atoms with E-state index >= 15 is 0 Å². The molecule has 1 aromatic heterocycles. The Balaban J connectivity index is 1.71. The van der Waals surface area contributed by atoms with Crippen molar-refractivity contribution in [1.29, 1.82) is 0 Å². The number of piperidine rings is 1. The maximum Gasteiger partial charge on any atom is 0.312 e. The highest BCUT2D eigenvalue weighted by molar-refractivity contribution is 5.76. The number of aromatic amines is 1. The number of para-hydroxylation sites is 2. The highest BCUT2D eigenvalue weighted by atomic mass is 16.4. The van der Waals surface area contributed by atoms with Gasteiger partial charge in [-0.15, -0.1) is 0 Å².